The Bertz CT molecular complexity index is 347. The van der Waals surface area contributed by atoms with Gasteiger partial charge in [0.2, 0.25) is 0 Å². The van der Waals surface area contributed by atoms with Gasteiger partial charge in [-0.3, -0.25) is 0 Å². The third kappa shape index (κ3) is 3.31. The first kappa shape index (κ1) is 13.5. The van der Waals surface area contributed by atoms with Crippen LogP contribution in [0.25, 0.3) is 0 Å². The highest BCUT2D eigenvalue weighted by atomic mass is 16.5. The van der Waals surface area contributed by atoms with Crippen LogP contribution in [0.4, 0.5) is 0 Å². The molecule has 0 aromatic heterocycles. The van der Waals surface area contributed by atoms with Crippen LogP contribution in [0.2, 0.25) is 0 Å². The van der Waals surface area contributed by atoms with E-state index in [1.165, 1.54) is 5.56 Å². The predicted molar refractivity (Wildman–Crippen MR) is 74.7 cm³/mol. The molecular formula is C15H24N2O. The first-order chi connectivity index (χ1) is 8.74. The molecule has 100 valence electrons. The monoisotopic (exact) mass is 248 g/mol. The minimum Gasteiger partial charge on any atom is -0.380 e. The van der Waals surface area contributed by atoms with E-state index < -0.39 is 0 Å². The molecule has 1 aliphatic heterocycles. The lowest BCUT2D eigenvalue weighted by molar-refractivity contribution is 0.137. The third-order valence-corrected chi connectivity index (χ3v) is 3.81. The number of ether oxygens (including phenoxy) is 1. The average molecular weight is 248 g/mol. The molecule has 0 aliphatic carbocycles. The van der Waals surface area contributed by atoms with Gasteiger partial charge in [0.1, 0.15) is 0 Å². The zero-order chi connectivity index (χ0) is 12.8. The molecule has 0 amide bonds. The van der Waals surface area contributed by atoms with Gasteiger partial charge in [-0.05, 0) is 12.0 Å². The van der Waals surface area contributed by atoms with Gasteiger partial charge in [-0.25, -0.2) is 0 Å². The third-order valence-electron chi connectivity index (χ3n) is 3.81. The molecule has 1 heterocycles. The summed E-state index contributed by atoms with van der Waals surface area (Å²) in [5.41, 5.74) is 7.40. The Morgan fingerprint density at radius 3 is 2.72 bits per heavy atom. The molecule has 1 saturated heterocycles. The fourth-order valence-corrected chi connectivity index (χ4v) is 2.56. The average Bonchev–Trinajstić information content (AvgIpc) is 2.68. The molecule has 0 saturated carbocycles. The summed E-state index contributed by atoms with van der Waals surface area (Å²) in [7, 11) is 0. The van der Waals surface area contributed by atoms with Gasteiger partial charge in [0.25, 0.3) is 0 Å². The topological polar surface area (TPSA) is 38.5 Å². The van der Waals surface area contributed by atoms with Crippen molar-refractivity contribution in [1.82, 2.24) is 4.90 Å². The fraction of sp³-hybridized carbons (Fsp3) is 0.600. The molecule has 0 spiro atoms. The van der Waals surface area contributed by atoms with Gasteiger partial charge in [-0.1, -0.05) is 37.3 Å². The number of hydrogen-bond acceptors (Lipinski definition) is 3. The Labute approximate surface area is 110 Å². The second-order valence-corrected chi connectivity index (χ2v) is 5.37. The van der Waals surface area contributed by atoms with E-state index in [4.69, 9.17) is 10.5 Å². The molecule has 3 nitrogen and oxygen atoms in total. The minimum absolute atomic E-state index is 0.0333. The van der Waals surface area contributed by atoms with E-state index in [0.29, 0.717) is 6.54 Å². The van der Waals surface area contributed by atoms with Crippen LogP contribution in [0, 0.1) is 0 Å². The molecule has 1 aromatic carbocycles. The number of nitrogens with zero attached hydrogens (tertiary/aromatic N) is 1. The van der Waals surface area contributed by atoms with Crippen LogP contribution in [0.1, 0.15) is 18.9 Å². The van der Waals surface area contributed by atoms with Crippen molar-refractivity contribution in [2.45, 2.75) is 18.8 Å². The van der Waals surface area contributed by atoms with E-state index in [1.54, 1.807) is 0 Å². The number of rotatable bonds is 4. The highest BCUT2D eigenvalue weighted by molar-refractivity contribution is 5.25. The van der Waals surface area contributed by atoms with Crippen molar-refractivity contribution in [1.29, 1.82) is 0 Å². The Kier molecular flexibility index (Phi) is 4.75. The standard InChI is InChI=1S/C15H24N2O/c1-15(12-16,14-6-3-2-4-7-14)13-17-8-5-10-18-11-9-17/h2-4,6-7H,5,8-13,16H2,1H3. The summed E-state index contributed by atoms with van der Waals surface area (Å²) in [5.74, 6) is 0. The van der Waals surface area contributed by atoms with Crippen LogP contribution < -0.4 is 5.73 Å². The lowest BCUT2D eigenvalue weighted by atomic mass is 9.82. The molecule has 1 atom stereocenters. The molecule has 2 N–H and O–H groups in total. The normalized spacial score (nSPS) is 21.2. The molecule has 1 aromatic rings. The lowest BCUT2D eigenvalue weighted by Gasteiger charge is -2.34. The summed E-state index contributed by atoms with van der Waals surface area (Å²) in [4.78, 5) is 2.48. The van der Waals surface area contributed by atoms with E-state index in [-0.39, 0.29) is 5.41 Å². The molecule has 3 heteroatoms. The van der Waals surface area contributed by atoms with Crippen LogP contribution in [0.3, 0.4) is 0 Å². The van der Waals surface area contributed by atoms with Gasteiger partial charge in [0, 0.05) is 38.2 Å². The highest BCUT2D eigenvalue weighted by Crippen LogP contribution is 2.24. The summed E-state index contributed by atoms with van der Waals surface area (Å²) in [5, 5.41) is 0. The second kappa shape index (κ2) is 6.32. The predicted octanol–water partition coefficient (Wildman–Crippen LogP) is 1.63. The number of hydrogen-bond donors (Lipinski definition) is 1. The van der Waals surface area contributed by atoms with E-state index >= 15 is 0 Å². The Balaban J connectivity index is 2.07. The highest BCUT2D eigenvalue weighted by Gasteiger charge is 2.27. The summed E-state index contributed by atoms with van der Waals surface area (Å²) in [6.45, 7) is 7.81. The van der Waals surface area contributed by atoms with Crippen LogP contribution >= 0.6 is 0 Å². The quantitative estimate of drug-likeness (QED) is 0.880. The van der Waals surface area contributed by atoms with E-state index in [1.807, 2.05) is 0 Å². The van der Waals surface area contributed by atoms with Crippen LogP contribution in [-0.2, 0) is 10.2 Å². The zero-order valence-corrected chi connectivity index (χ0v) is 11.3. The Hall–Kier alpha value is -0.900. The van der Waals surface area contributed by atoms with Gasteiger partial charge >= 0.3 is 0 Å². The Morgan fingerprint density at radius 2 is 2.00 bits per heavy atom. The largest absolute Gasteiger partial charge is 0.380 e. The summed E-state index contributed by atoms with van der Waals surface area (Å²) in [6, 6.07) is 10.6. The molecule has 2 rings (SSSR count). The molecule has 18 heavy (non-hydrogen) atoms. The van der Waals surface area contributed by atoms with Crippen LogP contribution in [0.5, 0.6) is 0 Å². The van der Waals surface area contributed by atoms with Gasteiger partial charge < -0.3 is 15.4 Å². The van der Waals surface area contributed by atoms with Crippen molar-refractivity contribution in [3.63, 3.8) is 0 Å². The van der Waals surface area contributed by atoms with Gasteiger partial charge in [-0.2, -0.15) is 0 Å². The van der Waals surface area contributed by atoms with Crippen molar-refractivity contribution in [3.8, 4) is 0 Å². The number of benzene rings is 1. The molecule has 1 unspecified atom stereocenters. The van der Waals surface area contributed by atoms with Crippen LogP contribution in [-0.4, -0.2) is 44.3 Å². The van der Waals surface area contributed by atoms with Crippen molar-refractivity contribution in [2.75, 3.05) is 39.4 Å². The van der Waals surface area contributed by atoms with Crippen molar-refractivity contribution >= 4 is 0 Å². The van der Waals surface area contributed by atoms with E-state index in [2.05, 4.69) is 42.2 Å². The van der Waals surface area contributed by atoms with E-state index in [0.717, 1.165) is 39.3 Å². The van der Waals surface area contributed by atoms with Crippen molar-refractivity contribution < 1.29 is 4.74 Å². The lowest BCUT2D eigenvalue weighted by Crippen LogP contribution is -2.44. The number of nitrogens with two attached hydrogens (primary N) is 1. The second-order valence-electron chi connectivity index (χ2n) is 5.37. The smallest absolute Gasteiger partial charge is 0.0593 e. The Morgan fingerprint density at radius 1 is 1.22 bits per heavy atom. The minimum atomic E-state index is 0.0333. The summed E-state index contributed by atoms with van der Waals surface area (Å²) >= 11 is 0. The first-order valence-electron chi connectivity index (χ1n) is 6.80. The zero-order valence-electron chi connectivity index (χ0n) is 11.3. The maximum atomic E-state index is 6.04. The summed E-state index contributed by atoms with van der Waals surface area (Å²) < 4.78 is 5.51. The van der Waals surface area contributed by atoms with Crippen LogP contribution in [0.15, 0.2) is 30.3 Å². The molecular weight excluding hydrogens is 224 g/mol. The molecule has 1 aliphatic rings. The van der Waals surface area contributed by atoms with Crippen molar-refractivity contribution in [3.05, 3.63) is 35.9 Å². The fourth-order valence-electron chi connectivity index (χ4n) is 2.56. The van der Waals surface area contributed by atoms with Gasteiger partial charge in [0.15, 0.2) is 0 Å². The first-order valence-corrected chi connectivity index (χ1v) is 6.80. The maximum absolute atomic E-state index is 6.04. The SMILES string of the molecule is CC(CN)(CN1CCCOCC1)c1ccccc1. The summed E-state index contributed by atoms with van der Waals surface area (Å²) in [6.07, 6.45) is 1.12. The van der Waals surface area contributed by atoms with Gasteiger partial charge in [0.05, 0.1) is 6.61 Å². The molecule has 0 radical (unpaired) electrons. The van der Waals surface area contributed by atoms with E-state index in [9.17, 15) is 0 Å². The molecule has 1 fully saturated rings. The van der Waals surface area contributed by atoms with Crippen molar-refractivity contribution in [2.24, 2.45) is 5.73 Å². The van der Waals surface area contributed by atoms with Gasteiger partial charge in [-0.15, -0.1) is 0 Å². The molecule has 0 bridgehead atoms. The maximum Gasteiger partial charge on any atom is 0.0593 e.